The molecule has 1 N–H and O–H groups in total. The lowest BCUT2D eigenvalue weighted by atomic mass is 9.83. The first-order valence-corrected chi connectivity index (χ1v) is 9.60. The van der Waals surface area contributed by atoms with Crippen LogP contribution in [0.4, 0.5) is 21.9 Å². The van der Waals surface area contributed by atoms with Crippen LogP contribution >= 0.6 is 0 Å². The van der Waals surface area contributed by atoms with E-state index in [-0.39, 0.29) is 5.69 Å². The van der Waals surface area contributed by atoms with Gasteiger partial charge in [0.25, 0.3) is 5.69 Å². The fourth-order valence-electron chi connectivity index (χ4n) is 4.12. The third-order valence-corrected chi connectivity index (χ3v) is 5.60. The van der Waals surface area contributed by atoms with Gasteiger partial charge in [0, 0.05) is 24.7 Å². The average molecular weight is 376 g/mol. The third-order valence-electron chi connectivity index (χ3n) is 5.60. The summed E-state index contributed by atoms with van der Waals surface area (Å²) in [5.74, 6) is 0.638. The van der Waals surface area contributed by atoms with Crippen molar-refractivity contribution in [3.63, 3.8) is 0 Å². The van der Waals surface area contributed by atoms with E-state index in [0.717, 1.165) is 12.2 Å². The minimum absolute atomic E-state index is 0.0355. The van der Waals surface area contributed by atoms with Gasteiger partial charge in [0.1, 0.15) is 6.61 Å². The molecule has 1 aliphatic heterocycles. The molecule has 1 amide bonds. The van der Waals surface area contributed by atoms with E-state index in [4.69, 9.17) is 4.74 Å². The molecule has 1 aromatic carbocycles. The van der Waals surface area contributed by atoms with Crippen LogP contribution < -0.4 is 10.2 Å². The van der Waals surface area contributed by atoms with Gasteiger partial charge in [-0.3, -0.25) is 15.0 Å². The zero-order chi connectivity index (χ0) is 19.4. The molecule has 2 aliphatic rings. The number of likely N-dealkylation sites (N-methyl/N-ethyl adjacent to an activating group) is 1. The molecule has 1 saturated carbocycles. The number of amides is 1. The lowest BCUT2D eigenvalue weighted by molar-refractivity contribution is -0.384. The second kappa shape index (κ2) is 8.56. The second-order valence-electron chi connectivity index (χ2n) is 7.53. The monoisotopic (exact) mass is 376 g/mol. The summed E-state index contributed by atoms with van der Waals surface area (Å²) >= 11 is 0. The molecule has 2 fully saturated rings. The maximum absolute atomic E-state index is 12.0. The Hall–Kier alpha value is -2.35. The first-order chi connectivity index (χ1) is 13.0. The predicted molar refractivity (Wildman–Crippen MR) is 104 cm³/mol. The van der Waals surface area contributed by atoms with E-state index < -0.39 is 11.0 Å². The average Bonchev–Trinajstić information content (AvgIpc) is 3.08. The van der Waals surface area contributed by atoms with Gasteiger partial charge >= 0.3 is 6.09 Å². The Balaban J connectivity index is 1.80. The van der Waals surface area contributed by atoms with Crippen molar-refractivity contribution in [2.45, 2.75) is 38.1 Å². The number of hydrogen-bond acceptors (Lipinski definition) is 6. The summed E-state index contributed by atoms with van der Waals surface area (Å²) in [6.45, 7) is 1.42. The van der Waals surface area contributed by atoms with Gasteiger partial charge in [-0.1, -0.05) is 19.3 Å². The minimum atomic E-state index is -0.463. The largest absolute Gasteiger partial charge is 0.447 e. The number of nitrogens with zero attached hydrogens (tertiary/aromatic N) is 3. The molecule has 0 spiro atoms. The molecule has 0 aromatic heterocycles. The summed E-state index contributed by atoms with van der Waals surface area (Å²) in [4.78, 5) is 26.4. The molecule has 1 aromatic rings. The van der Waals surface area contributed by atoms with Crippen molar-refractivity contribution < 1.29 is 14.5 Å². The van der Waals surface area contributed by atoms with Crippen LogP contribution in [0, 0.1) is 16.0 Å². The van der Waals surface area contributed by atoms with E-state index >= 15 is 0 Å². The highest BCUT2D eigenvalue weighted by Gasteiger charge is 2.29. The molecule has 1 atom stereocenters. The van der Waals surface area contributed by atoms with Crippen molar-refractivity contribution in [3.05, 3.63) is 28.3 Å². The number of nitro groups is 1. The summed E-state index contributed by atoms with van der Waals surface area (Å²) in [6, 6.07) is 4.98. The van der Waals surface area contributed by atoms with Gasteiger partial charge in [0.05, 0.1) is 22.8 Å². The molecule has 0 unspecified atom stereocenters. The fourth-order valence-corrected chi connectivity index (χ4v) is 4.12. The van der Waals surface area contributed by atoms with Crippen molar-refractivity contribution in [1.82, 2.24) is 4.90 Å². The van der Waals surface area contributed by atoms with Crippen LogP contribution in [0.5, 0.6) is 0 Å². The second-order valence-corrected chi connectivity index (χ2v) is 7.53. The van der Waals surface area contributed by atoms with Gasteiger partial charge < -0.3 is 15.0 Å². The molecule has 0 bridgehead atoms. The van der Waals surface area contributed by atoms with E-state index in [1.165, 1.54) is 49.1 Å². The standard InChI is InChI=1S/C19H28N4O4/c1-21(2)18(14-6-4-3-5-7-14)13-20-16-9-8-15(23(25)26)12-17(16)22-10-11-27-19(22)24/h8-9,12,14,18,20H,3-7,10-11,13H2,1-2H3/t18-/m1/s1. The Labute approximate surface area is 159 Å². The highest BCUT2D eigenvalue weighted by molar-refractivity contribution is 5.94. The Morgan fingerprint density at radius 2 is 2.07 bits per heavy atom. The Morgan fingerprint density at radius 3 is 2.67 bits per heavy atom. The maximum Gasteiger partial charge on any atom is 0.414 e. The van der Waals surface area contributed by atoms with Crippen molar-refractivity contribution in [1.29, 1.82) is 0 Å². The van der Waals surface area contributed by atoms with E-state index in [1.54, 1.807) is 6.07 Å². The molecule has 8 heteroatoms. The Morgan fingerprint density at radius 1 is 1.33 bits per heavy atom. The highest BCUT2D eigenvalue weighted by Crippen LogP contribution is 2.33. The molecule has 27 heavy (non-hydrogen) atoms. The van der Waals surface area contributed by atoms with E-state index in [1.807, 2.05) is 0 Å². The van der Waals surface area contributed by atoms with Gasteiger partial charge in [-0.2, -0.15) is 0 Å². The van der Waals surface area contributed by atoms with E-state index in [0.29, 0.717) is 30.8 Å². The Bertz CT molecular complexity index is 688. The quantitative estimate of drug-likeness (QED) is 0.579. The number of nitro benzene ring substituents is 1. The topological polar surface area (TPSA) is 87.9 Å². The molecule has 1 saturated heterocycles. The Kier molecular flexibility index (Phi) is 6.15. The van der Waals surface area contributed by atoms with Crippen LogP contribution in [0.3, 0.4) is 0 Å². The SMILES string of the molecule is CN(C)[C@H](CNc1ccc([N+](=O)[O-])cc1N1CCOC1=O)C1CCCCC1. The molecular weight excluding hydrogens is 348 g/mol. The first-order valence-electron chi connectivity index (χ1n) is 9.60. The van der Waals surface area contributed by atoms with Crippen LogP contribution in [0.1, 0.15) is 32.1 Å². The number of carbonyl (C=O) groups excluding carboxylic acids is 1. The summed E-state index contributed by atoms with van der Waals surface area (Å²) in [7, 11) is 4.19. The number of cyclic esters (lactones) is 1. The summed E-state index contributed by atoms with van der Waals surface area (Å²) in [5, 5.41) is 14.6. The van der Waals surface area contributed by atoms with Crippen LogP contribution in [-0.4, -0.2) is 55.8 Å². The van der Waals surface area contributed by atoms with Crippen LogP contribution in [0.25, 0.3) is 0 Å². The zero-order valence-electron chi connectivity index (χ0n) is 16.0. The highest BCUT2D eigenvalue weighted by atomic mass is 16.6. The van der Waals surface area contributed by atoms with Crippen LogP contribution in [0.2, 0.25) is 0 Å². The van der Waals surface area contributed by atoms with Crippen LogP contribution in [-0.2, 0) is 4.74 Å². The number of nitrogens with one attached hydrogen (secondary N) is 1. The lowest BCUT2D eigenvalue weighted by Gasteiger charge is -2.35. The molecule has 8 nitrogen and oxygen atoms in total. The summed E-state index contributed by atoms with van der Waals surface area (Å²) in [6.07, 6.45) is 5.87. The minimum Gasteiger partial charge on any atom is -0.447 e. The van der Waals surface area contributed by atoms with Crippen molar-refractivity contribution in [2.75, 3.05) is 44.0 Å². The first kappa shape index (κ1) is 19.4. The smallest absolute Gasteiger partial charge is 0.414 e. The van der Waals surface area contributed by atoms with Crippen molar-refractivity contribution >= 4 is 23.2 Å². The maximum atomic E-state index is 12.0. The lowest BCUT2D eigenvalue weighted by Crippen LogP contribution is -2.41. The summed E-state index contributed by atoms with van der Waals surface area (Å²) < 4.78 is 5.02. The summed E-state index contributed by atoms with van der Waals surface area (Å²) in [5.41, 5.74) is 1.20. The van der Waals surface area contributed by atoms with Crippen molar-refractivity contribution in [3.8, 4) is 0 Å². The van der Waals surface area contributed by atoms with Crippen LogP contribution in [0.15, 0.2) is 18.2 Å². The number of rotatable bonds is 7. The van der Waals surface area contributed by atoms with Gasteiger partial charge in [0.2, 0.25) is 0 Å². The molecule has 148 valence electrons. The van der Waals surface area contributed by atoms with E-state index in [2.05, 4.69) is 24.3 Å². The zero-order valence-corrected chi connectivity index (χ0v) is 16.0. The number of non-ortho nitro benzene ring substituents is 1. The number of carbonyl (C=O) groups is 1. The molecule has 1 heterocycles. The third kappa shape index (κ3) is 4.50. The predicted octanol–water partition coefficient (Wildman–Crippen LogP) is 3.47. The number of benzene rings is 1. The number of hydrogen-bond donors (Lipinski definition) is 1. The fraction of sp³-hybridized carbons (Fsp3) is 0.632. The molecular formula is C19H28N4O4. The van der Waals surface area contributed by atoms with Gasteiger partial charge in [0.15, 0.2) is 0 Å². The van der Waals surface area contributed by atoms with Gasteiger partial charge in [-0.05, 0) is 38.9 Å². The molecule has 0 radical (unpaired) electrons. The molecule has 3 rings (SSSR count). The van der Waals surface area contributed by atoms with Gasteiger partial charge in [-0.15, -0.1) is 0 Å². The molecule has 1 aliphatic carbocycles. The van der Waals surface area contributed by atoms with Gasteiger partial charge in [-0.25, -0.2) is 4.79 Å². The normalized spacial score (nSPS) is 19.2. The van der Waals surface area contributed by atoms with E-state index in [9.17, 15) is 14.9 Å². The number of ether oxygens (including phenoxy) is 1. The van der Waals surface area contributed by atoms with Crippen molar-refractivity contribution in [2.24, 2.45) is 5.92 Å². The number of anilines is 2.